The average molecular weight is 306 g/mol. The molecule has 0 spiro atoms. The monoisotopic (exact) mass is 305 g/mol. The zero-order valence-electron chi connectivity index (χ0n) is 10.4. The Morgan fingerprint density at radius 3 is 2.78 bits per heavy atom. The van der Waals surface area contributed by atoms with Crippen LogP contribution in [0.25, 0.3) is 10.8 Å². The predicted molar refractivity (Wildman–Crippen MR) is 79.3 cm³/mol. The molecule has 1 aliphatic rings. The minimum Gasteiger partial charge on any atom is -0.354 e. The molecule has 1 aromatic carbocycles. The Morgan fingerprint density at radius 2 is 2.00 bits per heavy atom. The van der Waals surface area contributed by atoms with Crippen molar-refractivity contribution < 1.29 is 0 Å². The van der Waals surface area contributed by atoms with Gasteiger partial charge in [0, 0.05) is 47.1 Å². The molecule has 0 bridgehead atoms. The fraction of sp³-hybridized carbons (Fsp3) is 0.357. The molecule has 1 N–H and O–H groups in total. The Hall–Kier alpha value is -1.13. The van der Waals surface area contributed by atoms with Crippen LogP contribution >= 0.6 is 15.9 Å². The van der Waals surface area contributed by atoms with E-state index in [9.17, 15) is 0 Å². The quantitative estimate of drug-likeness (QED) is 0.878. The van der Waals surface area contributed by atoms with E-state index < -0.39 is 0 Å². The van der Waals surface area contributed by atoms with Crippen LogP contribution in [0, 0.1) is 6.92 Å². The lowest BCUT2D eigenvalue weighted by Gasteiger charge is -2.29. The van der Waals surface area contributed by atoms with Crippen LogP contribution in [0.5, 0.6) is 0 Å². The Balaban J connectivity index is 2.18. The fourth-order valence-corrected chi connectivity index (χ4v) is 2.95. The first-order chi connectivity index (χ1) is 8.75. The molecule has 1 saturated heterocycles. The Kier molecular flexibility index (Phi) is 3.22. The number of hydrogen-bond donors (Lipinski definition) is 1. The summed E-state index contributed by atoms with van der Waals surface area (Å²) in [5, 5.41) is 5.86. The summed E-state index contributed by atoms with van der Waals surface area (Å²) in [7, 11) is 0. The van der Waals surface area contributed by atoms with Gasteiger partial charge in [0.05, 0.1) is 0 Å². The number of halogens is 1. The van der Waals surface area contributed by atoms with E-state index in [-0.39, 0.29) is 0 Å². The van der Waals surface area contributed by atoms with Crippen LogP contribution in [-0.2, 0) is 0 Å². The van der Waals surface area contributed by atoms with E-state index in [1.807, 2.05) is 0 Å². The van der Waals surface area contributed by atoms with Crippen molar-refractivity contribution in [1.29, 1.82) is 0 Å². The van der Waals surface area contributed by atoms with Gasteiger partial charge in [0.15, 0.2) is 0 Å². The van der Waals surface area contributed by atoms with Gasteiger partial charge >= 0.3 is 0 Å². The summed E-state index contributed by atoms with van der Waals surface area (Å²) in [5.74, 6) is 1.12. The first-order valence-corrected chi connectivity index (χ1v) is 7.06. The van der Waals surface area contributed by atoms with Crippen molar-refractivity contribution in [2.24, 2.45) is 0 Å². The number of pyridine rings is 1. The normalized spacial score (nSPS) is 16.2. The van der Waals surface area contributed by atoms with Crippen molar-refractivity contribution in [2.75, 3.05) is 31.1 Å². The summed E-state index contributed by atoms with van der Waals surface area (Å²) in [6, 6.07) is 8.47. The lowest BCUT2D eigenvalue weighted by atomic mass is 10.1. The summed E-state index contributed by atoms with van der Waals surface area (Å²) < 4.78 is 1.14. The Morgan fingerprint density at radius 1 is 1.22 bits per heavy atom. The van der Waals surface area contributed by atoms with Crippen molar-refractivity contribution in [3.05, 3.63) is 34.4 Å². The van der Waals surface area contributed by atoms with E-state index in [2.05, 4.69) is 57.3 Å². The van der Waals surface area contributed by atoms with Gasteiger partial charge in [-0.3, -0.25) is 0 Å². The zero-order valence-corrected chi connectivity index (χ0v) is 12.0. The van der Waals surface area contributed by atoms with Crippen LogP contribution in [0.15, 0.2) is 28.7 Å². The maximum absolute atomic E-state index is 4.74. The minimum atomic E-state index is 1.03. The number of hydrogen-bond acceptors (Lipinski definition) is 3. The molecule has 2 aromatic rings. The maximum atomic E-state index is 4.74. The first-order valence-electron chi connectivity index (χ1n) is 6.27. The SMILES string of the molecule is Cc1cc2c(Br)cccc2c(N2CCNCC2)n1. The van der Waals surface area contributed by atoms with Crippen LogP contribution in [0.2, 0.25) is 0 Å². The number of fused-ring (bicyclic) bond motifs is 1. The fourth-order valence-electron chi connectivity index (χ4n) is 2.46. The molecule has 18 heavy (non-hydrogen) atoms. The van der Waals surface area contributed by atoms with Gasteiger partial charge in [-0.05, 0) is 19.1 Å². The number of nitrogens with zero attached hydrogens (tertiary/aromatic N) is 2. The third kappa shape index (κ3) is 2.10. The van der Waals surface area contributed by atoms with Gasteiger partial charge in [-0.25, -0.2) is 4.98 Å². The van der Waals surface area contributed by atoms with Crippen molar-refractivity contribution >= 4 is 32.5 Å². The van der Waals surface area contributed by atoms with Gasteiger partial charge in [-0.1, -0.05) is 28.1 Å². The highest BCUT2D eigenvalue weighted by atomic mass is 79.9. The van der Waals surface area contributed by atoms with Gasteiger partial charge in [0.2, 0.25) is 0 Å². The minimum absolute atomic E-state index is 1.03. The van der Waals surface area contributed by atoms with Crippen molar-refractivity contribution in [2.45, 2.75) is 6.92 Å². The number of aromatic nitrogens is 1. The molecule has 3 rings (SSSR count). The number of anilines is 1. The molecule has 1 aromatic heterocycles. The van der Waals surface area contributed by atoms with Crippen LogP contribution < -0.4 is 10.2 Å². The predicted octanol–water partition coefficient (Wildman–Crippen LogP) is 2.72. The average Bonchev–Trinajstić information content (AvgIpc) is 2.40. The van der Waals surface area contributed by atoms with Crippen molar-refractivity contribution in [1.82, 2.24) is 10.3 Å². The number of benzene rings is 1. The molecule has 2 heterocycles. The van der Waals surface area contributed by atoms with Gasteiger partial charge in [0.25, 0.3) is 0 Å². The molecule has 0 radical (unpaired) electrons. The highest BCUT2D eigenvalue weighted by Gasteiger charge is 2.15. The summed E-state index contributed by atoms with van der Waals surface area (Å²) in [6.45, 7) is 6.18. The Labute approximate surface area is 115 Å². The standard InChI is InChI=1S/C14H16BrN3/c1-10-9-12-11(3-2-4-13(12)15)14(17-10)18-7-5-16-6-8-18/h2-4,9,16H,5-8H2,1H3. The Bertz CT molecular complexity index is 577. The van der Waals surface area contributed by atoms with Crippen molar-refractivity contribution in [3.8, 4) is 0 Å². The van der Waals surface area contributed by atoms with Gasteiger partial charge in [-0.2, -0.15) is 0 Å². The van der Waals surface area contributed by atoms with E-state index in [1.165, 1.54) is 10.8 Å². The lowest BCUT2D eigenvalue weighted by Crippen LogP contribution is -2.44. The molecule has 0 aliphatic carbocycles. The molecular weight excluding hydrogens is 290 g/mol. The molecule has 0 amide bonds. The second kappa shape index (κ2) is 4.86. The second-order valence-electron chi connectivity index (χ2n) is 4.66. The van der Waals surface area contributed by atoms with Crippen LogP contribution in [0.1, 0.15) is 5.69 Å². The molecule has 94 valence electrons. The highest BCUT2D eigenvalue weighted by molar-refractivity contribution is 9.10. The third-order valence-corrected chi connectivity index (χ3v) is 4.04. The topological polar surface area (TPSA) is 28.2 Å². The number of aryl methyl sites for hydroxylation is 1. The van der Waals surface area contributed by atoms with Crippen LogP contribution in [0.3, 0.4) is 0 Å². The van der Waals surface area contributed by atoms with Gasteiger partial charge in [0.1, 0.15) is 5.82 Å². The van der Waals surface area contributed by atoms with Gasteiger partial charge in [-0.15, -0.1) is 0 Å². The number of rotatable bonds is 1. The van der Waals surface area contributed by atoms with E-state index in [1.54, 1.807) is 0 Å². The molecule has 0 unspecified atom stereocenters. The highest BCUT2D eigenvalue weighted by Crippen LogP contribution is 2.30. The molecule has 4 heteroatoms. The maximum Gasteiger partial charge on any atom is 0.136 e. The third-order valence-electron chi connectivity index (χ3n) is 3.35. The first kappa shape index (κ1) is 11.9. The molecule has 1 fully saturated rings. The van der Waals surface area contributed by atoms with Crippen LogP contribution in [-0.4, -0.2) is 31.2 Å². The van der Waals surface area contributed by atoms with Crippen LogP contribution in [0.4, 0.5) is 5.82 Å². The summed E-state index contributed by atoms with van der Waals surface area (Å²) in [4.78, 5) is 7.12. The summed E-state index contributed by atoms with van der Waals surface area (Å²) in [5.41, 5.74) is 1.07. The second-order valence-corrected chi connectivity index (χ2v) is 5.51. The lowest BCUT2D eigenvalue weighted by molar-refractivity contribution is 0.586. The van der Waals surface area contributed by atoms with E-state index in [4.69, 9.17) is 4.98 Å². The molecule has 1 aliphatic heterocycles. The van der Waals surface area contributed by atoms with E-state index in [0.29, 0.717) is 0 Å². The molecule has 0 atom stereocenters. The largest absolute Gasteiger partial charge is 0.354 e. The van der Waals surface area contributed by atoms with Gasteiger partial charge < -0.3 is 10.2 Å². The molecule has 0 saturated carbocycles. The van der Waals surface area contributed by atoms with E-state index >= 15 is 0 Å². The van der Waals surface area contributed by atoms with E-state index in [0.717, 1.165) is 42.2 Å². The number of nitrogens with one attached hydrogen (secondary N) is 1. The summed E-state index contributed by atoms with van der Waals surface area (Å²) >= 11 is 3.63. The molecular formula is C14H16BrN3. The summed E-state index contributed by atoms with van der Waals surface area (Å²) in [6.07, 6.45) is 0. The van der Waals surface area contributed by atoms with Crippen molar-refractivity contribution in [3.63, 3.8) is 0 Å². The number of piperazine rings is 1. The zero-order chi connectivity index (χ0) is 12.5. The molecule has 3 nitrogen and oxygen atoms in total. The smallest absolute Gasteiger partial charge is 0.136 e.